The second-order valence-electron chi connectivity index (χ2n) is 6.49. The first-order valence-electron chi connectivity index (χ1n) is 8.41. The first-order valence-corrected chi connectivity index (χ1v) is 8.79. The molecule has 1 aromatic carbocycles. The second-order valence-corrected chi connectivity index (χ2v) is 6.93. The van der Waals surface area contributed by atoms with Crippen LogP contribution in [0.4, 0.5) is 0 Å². The Morgan fingerprint density at radius 1 is 1.38 bits per heavy atom. The number of rotatable bonds is 6. The zero-order valence-corrected chi connectivity index (χ0v) is 16.3. The molecule has 0 spiro atoms. The number of nitrogens with one attached hydrogen (secondary N) is 2. The topological polar surface area (TPSA) is 68.2 Å². The number of ether oxygens (including phenoxy) is 1. The maximum atomic E-state index is 12.5. The van der Waals surface area contributed by atoms with Gasteiger partial charge in [-0.1, -0.05) is 17.7 Å². The molecule has 0 aliphatic carbocycles. The van der Waals surface area contributed by atoms with Crippen LogP contribution in [0.1, 0.15) is 23.3 Å². The molecule has 2 aromatic rings. The van der Waals surface area contributed by atoms with Crippen LogP contribution >= 0.6 is 24.0 Å². The van der Waals surface area contributed by atoms with E-state index in [1.165, 1.54) is 0 Å². The van der Waals surface area contributed by atoms with Crippen molar-refractivity contribution in [3.05, 3.63) is 47.2 Å². The van der Waals surface area contributed by atoms with Crippen molar-refractivity contribution in [2.24, 2.45) is 5.41 Å². The summed E-state index contributed by atoms with van der Waals surface area (Å²) in [7, 11) is 1.71. The highest BCUT2D eigenvalue weighted by molar-refractivity contribution is 6.30. The van der Waals surface area contributed by atoms with Crippen LogP contribution in [-0.2, 0) is 4.74 Å². The minimum absolute atomic E-state index is 0. The molecule has 0 bridgehead atoms. The monoisotopic (exact) mass is 398 g/mol. The molecule has 2 heterocycles. The van der Waals surface area contributed by atoms with E-state index in [1.54, 1.807) is 36.2 Å². The number of carbonyl (C=O) groups excluding carboxylic acids is 1. The highest BCUT2D eigenvalue weighted by atomic mass is 35.5. The molecular weight excluding hydrogens is 375 g/mol. The van der Waals surface area contributed by atoms with Gasteiger partial charge < -0.3 is 15.4 Å². The molecule has 8 heteroatoms. The molecule has 3 rings (SSSR count). The Balaban J connectivity index is 0.00000243. The summed E-state index contributed by atoms with van der Waals surface area (Å²) in [5.41, 5.74) is 1.20. The molecule has 2 N–H and O–H groups in total. The molecule has 1 aliphatic rings. The van der Waals surface area contributed by atoms with E-state index in [4.69, 9.17) is 16.3 Å². The minimum Gasteiger partial charge on any atom is -0.384 e. The summed E-state index contributed by atoms with van der Waals surface area (Å²) in [6.45, 7) is 3.13. The fourth-order valence-corrected chi connectivity index (χ4v) is 3.39. The van der Waals surface area contributed by atoms with Crippen molar-refractivity contribution < 1.29 is 9.53 Å². The lowest BCUT2D eigenvalue weighted by molar-refractivity contribution is 0.0510. The van der Waals surface area contributed by atoms with E-state index in [0.29, 0.717) is 23.9 Å². The third kappa shape index (κ3) is 4.98. The Morgan fingerprint density at radius 3 is 2.85 bits per heavy atom. The van der Waals surface area contributed by atoms with Crippen LogP contribution in [0, 0.1) is 5.41 Å². The molecule has 1 aromatic heterocycles. The highest BCUT2D eigenvalue weighted by Gasteiger charge is 2.32. The molecule has 0 radical (unpaired) electrons. The Hall–Kier alpha value is -1.60. The summed E-state index contributed by atoms with van der Waals surface area (Å²) in [5, 5.41) is 11.4. The number of hydrogen-bond acceptors (Lipinski definition) is 4. The molecule has 26 heavy (non-hydrogen) atoms. The molecule has 142 valence electrons. The van der Waals surface area contributed by atoms with Crippen molar-refractivity contribution in [3.8, 4) is 5.69 Å². The fraction of sp³-hybridized carbons (Fsp3) is 0.444. The number of aromatic nitrogens is 2. The van der Waals surface area contributed by atoms with Crippen LogP contribution in [0.3, 0.4) is 0 Å². The quantitative estimate of drug-likeness (QED) is 0.784. The molecule has 6 nitrogen and oxygen atoms in total. The molecule has 0 unspecified atom stereocenters. The van der Waals surface area contributed by atoms with E-state index in [1.807, 2.05) is 12.1 Å². The van der Waals surface area contributed by atoms with Crippen molar-refractivity contribution in [3.63, 3.8) is 0 Å². The maximum absolute atomic E-state index is 12.5. The summed E-state index contributed by atoms with van der Waals surface area (Å²) >= 11 is 6.01. The normalized spacial score (nSPS) is 15.9. The molecule has 1 saturated heterocycles. The standard InChI is InChI=1S/C18H23ClN4O2.ClH/c1-25-13-18(6-8-20-9-7-18)12-21-17(24)16-5-10-23(22-16)15-4-2-3-14(19)11-15;/h2-5,10-11,20H,6-9,12-13H2,1H3,(H,21,24);1H. The van der Waals surface area contributed by atoms with Crippen molar-refractivity contribution >= 4 is 29.9 Å². The number of methoxy groups -OCH3 is 1. The first-order chi connectivity index (χ1) is 12.1. The zero-order chi connectivity index (χ0) is 17.7. The number of piperidine rings is 1. The maximum Gasteiger partial charge on any atom is 0.271 e. The predicted molar refractivity (Wildman–Crippen MR) is 105 cm³/mol. The Morgan fingerprint density at radius 2 is 2.15 bits per heavy atom. The SMILES string of the molecule is COCC1(CNC(=O)c2ccn(-c3cccc(Cl)c3)n2)CCNCC1.Cl. The van der Waals surface area contributed by atoms with E-state index in [0.717, 1.165) is 31.6 Å². The highest BCUT2D eigenvalue weighted by Crippen LogP contribution is 2.28. The lowest BCUT2D eigenvalue weighted by Crippen LogP contribution is -2.47. The van der Waals surface area contributed by atoms with Crippen LogP contribution in [-0.4, -0.2) is 49.0 Å². The van der Waals surface area contributed by atoms with Gasteiger partial charge in [-0.2, -0.15) is 5.10 Å². The van der Waals surface area contributed by atoms with E-state index in [-0.39, 0.29) is 23.7 Å². The lowest BCUT2D eigenvalue weighted by atomic mass is 9.79. The summed E-state index contributed by atoms with van der Waals surface area (Å²) < 4.78 is 7.03. The number of amides is 1. The van der Waals surface area contributed by atoms with Crippen LogP contribution < -0.4 is 10.6 Å². The van der Waals surface area contributed by atoms with Gasteiger partial charge in [0, 0.05) is 30.3 Å². The molecule has 1 fully saturated rings. The van der Waals surface area contributed by atoms with Crippen LogP contribution in [0.5, 0.6) is 0 Å². The number of benzene rings is 1. The predicted octanol–water partition coefficient (Wildman–Crippen LogP) is 2.69. The first kappa shape index (κ1) is 20.7. The second kappa shape index (κ2) is 9.37. The van der Waals surface area contributed by atoms with Crippen molar-refractivity contribution in [1.82, 2.24) is 20.4 Å². The van der Waals surface area contributed by atoms with Gasteiger partial charge >= 0.3 is 0 Å². The van der Waals surface area contributed by atoms with E-state index < -0.39 is 0 Å². The van der Waals surface area contributed by atoms with Crippen LogP contribution in [0.15, 0.2) is 36.5 Å². The van der Waals surface area contributed by atoms with Crippen LogP contribution in [0.25, 0.3) is 5.69 Å². The average molecular weight is 399 g/mol. The zero-order valence-electron chi connectivity index (χ0n) is 14.7. The molecule has 0 atom stereocenters. The Bertz CT molecular complexity index is 724. The van der Waals surface area contributed by atoms with E-state index in [9.17, 15) is 4.79 Å². The van der Waals surface area contributed by atoms with Crippen molar-refractivity contribution in [1.29, 1.82) is 0 Å². The van der Waals surface area contributed by atoms with Gasteiger partial charge in [-0.25, -0.2) is 4.68 Å². The minimum atomic E-state index is -0.171. The van der Waals surface area contributed by atoms with Gasteiger partial charge in [0.15, 0.2) is 5.69 Å². The molecular formula is C18H24Cl2N4O2. The summed E-state index contributed by atoms with van der Waals surface area (Å²) in [4.78, 5) is 12.5. The van der Waals surface area contributed by atoms with Gasteiger partial charge in [0.2, 0.25) is 0 Å². The smallest absolute Gasteiger partial charge is 0.271 e. The van der Waals surface area contributed by atoms with Gasteiger partial charge in [0.25, 0.3) is 5.91 Å². The van der Waals surface area contributed by atoms with Gasteiger partial charge in [-0.3, -0.25) is 4.79 Å². The lowest BCUT2D eigenvalue weighted by Gasteiger charge is -2.37. The third-order valence-electron chi connectivity index (χ3n) is 4.63. The summed E-state index contributed by atoms with van der Waals surface area (Å²) in [6.07, 6.45) is 3.73. The number of carbonyl (C=O) groups is 1. The number of halogens is 2. The number of nitrogens with zero attached hydrogens (tertiary/aromatic N) is 2. The third-order valence-corrected chi connectivity index (χ3v) is 4.87. The molecule has 1 aliphatic heterocycles. The van der Waals surface area contributed by atoms with Crippen molar-refractivity contribution in [2.45, 2.75) is 12.8 Å². The molecule has 1 amide bonds. The summed E-state index contributed by atoms with van der Waals surface area (Å²) in [5.74, 6) is -0.171. The van der Waals surface area contributed by atoms with Gasteiger partial charge in [-0.05, 0) is 50.2 Å². The Kier molecular flexibility index (Phi) is 7.46. The van der Waals surface area contributed by atoms with Gasteiger partial charge in [0.05, 0.1) is 12.3 Å². The van der Waals surface area contributed by atoms with Gasteiger partial charge in [0.1, 0.15) is 0 Å². The van der Waals surface area contributed by atoms with Gasteiger partial charge in [-0.15, -0.1) is 12.4 Å². The largest absolute Gasteiger partial charge is 0.384 e. The van der Waals surface area contributed by atoms with E-state index in [2.05, 4.69) is 15.7 Å². The van der Waals surface area contributed by atoms with E-state index >= 15 is 0 Å². The Labute approximate surface area is 164 Å². The molecule has 0 saturated carbocycles. The average Bonchev–Trinajstić information content (AvgIpc) is 3.11. The van der Waals surface area contributed by atoms with Crippen molar-refractivity contribution in [2.75, 3.05) is 33.4 Å². The fourth-order valence-electron chi connectivity index (χ4n) is 3.20. The van der Waals surface area contributed by atoms with Crippen LogP contribution in [0.2, 0.25) is 5.02 Å². The number of hydrogen-bond donors (Lipinski definition) is 2. The summed E-state index contributed by atoms with van der Waals surface area (Å²) in [6, 6.07) is 9.06.